The summed E-state index contributed by atoms with van der Waals surface area (Å²) < 4.78 is 5.50. The van der Waals surface area contributed by atoms with Gasteiger partial charge in [0, 0.05) is 43.4 Å². The summed E-state index contributed by atoms with van der Waals surface area (Å²) in [4.78, 5) is 4.93. The van der Waals surface area contributed by atoms with Crippen LogP contribution in [0.5, 0.6) is 5.75 Å². The van der Waals surface area contributed by atoms with Crippen LogP contribution in [0.15, 0.2) is 48.5 Å². The predicted octanol–water partition coefficient (Wildman–Crippen LogP) is 4.90. The van der Waals surface area contributed by atoms with Crippen LogP contribution in [0.3, 0.4) is 0 Å². The van der Waals surface area contributed by atoms with Gasteiger partial charge in [-0.2, -0.15) is 0 Å². The van der Waals surface area contributed by atoms with Crippen LogP contribution in [0.25, 0.3) is 0 Å². The summed E-state index contributed by atoms with van der Waals surface area (Å²) in [6.45, 7) is 7.99. The molecule has 0 atom stereocenters. The SMILES string of the molecule is CCOc1ccc(N2CCN(Cc3ccc(Cl)cc3)CC2)cc1.Cl.Cl. The summed E-state index contributed by atoms with van der Waals surface area (Å²) in [6.07, 6.45) is 0. The summed E-state index contributed by atoms with van der Waals surface area (Å²) in [7, 11) is 0. The van der Waals surface area contributed by atoms with Gasteiger partial charge in [0.15, 0.2) is 0 Å². The summed E-state index contributed by atoms with van der Waals surface area (Å²) in [5.41, 5.74) is 2.60. The fourth-order valence-corrected chi connectivity index (χ4v) is 3.06. The van der Waals surface area contributed by atoms with Gasteiger partial charge in [0.2, 0.25) is 0 Å². The molecule has 138 valence electrons. The van der Waals surface area contributed by atoms with Gasteiger partial charge in [-0.1, -0.05) is 23.7 Å². The molecule has 0 bridgehead atoms. The van der Waals surface area contributed by atoms with E-state index in [0.717, 1.165) is 43.5 Å². The van der Waals surface area contributed by atoms with E-state index in [2.05, 4.69) is 46.2 Å². The third-order valence-electron chi connectivity index (χ3n) is 4.20. The molecule has 0 N–H and O–H groups in total. The molecule has 1 aliphatic heterocycles. The highest BCUT2D eigenvalue weighted by Crippen LogP contribution is 2.21. The largest absolute Gasteiger partial charge is 0.494 e. The molecule has 0 aliphatic carbocycles. The Balaban J connectivity index is 0.00000156. The van der Waals surface area contributed by atoms with Crippen molar-refractivity contribution in [2.45, 2.75) is 13.5 Å². The average Bonchev–Trinajstić information content (AvgIpc) is 2.59. The second-order valence-corrected chi connectivity index (χ2v) is 6.25. The smallest absolute Gasteiger partial charge is 0.119 e. The highest BCUT2D eigenvalue weighted by molar-refractivity contribution is 6.30. The molecule has 25 heavy (non-hydrogen) atoms. The van der Waals surface area contributed by atoms with Crippen LogP contribution in [0.1, 0.15) is 12.5 Å². The number of hydrogen-bond donors (Lipinski definition) is 0. The van der Waals surface area contributed by atoms with Gasteiger partial charge in [0.25, 0.3) is 0 Å². The van der Waals surface area contributed by atoms with Crippen molar-refractivity contribution in [1.82, 2.24) is 4.90 Å². The summed E-state index contributed by atoms with van der Waals surface area (Å²) in [5.74, 6) is 0.942. The number of rotatable bonds is 5. The molecule has 1 aliphatic rings. The second-order valence-electron chi connectivity index (χ2n) is 5.82. The van der Waals surface area contributed by atoms with Crippen LogP contribution in [-0.2, 0) is 6.54 Å². The molecule has 3 rings (SSSR count). The molecule has 2 aromatic carbocycles. The highest BCUT2D eigenvalue weighted by atomic mass is 35.5. The minimum atomic E-state index is 0. The van der Waals surface area contributed by atoms with Crippen LogP contribution in [0.4, 0.5) is 5.69 Å². The van der Waals surface area contributed by atoms with Crippen LogP contribution in [0, 0.1) is 0 Å². The van der Waals surface area contributed by atoms with E-state index in [4.69, 9.17) is 16.3 Å². The summed E-state index contributed by atoms with van der Waals surface area (Å²) in [6, 6.07) is 16.6. The van der Waals surface area contributed by atoms with Crippen LogP contribution < -0.4 is 9.64 Å². The minimum Gasteiger partial charge on any atom is -0.494 e. The number of nitrogens with zero attached hydrogens (tertiary/aromatic N) is 2. The van der Waals surface area contributed by atoms with Gasteiger partial charge in [-0.3, -0.25) is 4.90 Å². The number of ether oxygens (including phenoxy) is 1. The van der Waals surface area contributed by atoms with Crippen molar-refractivity contribution >= 4 is 42.1 Å². The molecular weight excluding hydrogens is 379 g/mol. The maximum Gasteiger partial charge on any atom is 0.119 e. The average molecular weight is 404 g/mol. The molecule has 3 nitrogen and oxygen atoms in total. The third-order valence-corrected chi connectivity index (χ3v) is 4.46. The number of anilines is 1. The molecule has 2 aromatic rings. The van der Waals surface area contributed by atoms with Gasteiger partial charge in [0.05, 0.1) is 6.61 Å². The maximum atomic E-state index is 5.94. The first-order valence-electron chi connectivity index (χ1n) is 8.19. The molecule has 6 heteroatoms. The minimum absolute atomic E-state index is 0. The molecule has 0 aromatic heterocycles. The quantitative estimate of drug-likeness (QED) is 0.706. The first-order valence-corrected chi connectivity index (χ1v) is 8.57. The van der Waals surface area contributed by atoms with Gasteiger partial charge in [-0.25, -0.2) is 0 Å². The van der Waals surface area contributed by atoms with Crippen molar-refractivity contribution in [3.8, 4) is 5.75 Å². The Morgan fingerprint density at radius 1 is 0.880 bits per heavy atom. The molecule has 1 heterocycles. The van der Waals surface area contributed by atoms with Crippen molar-refractivity contribution in [3.63, 3.8) is 0 Å². The Bertz CT molecular complexity index is 612. The van der Waals surface area contributed by atoms with E-state index in [1.807, 2.05) is 19.1 Å². The number of hydrogen-bond acceptors (Lipinski definition) is 3. The van der Waals surface area contributed by atoms with E-state index in [0.29, 0.717) is 6.61 Å². The fraction of sp³-hybridized carbons (Fsp3) is 0.368. The molecule has 1 fully saturated rings. The lowest BCUT2D eigenvalue weighted by molar-refractivity contribution is 0.250. The van der Waals surface area contributed by atoms with E-state index in [-0.39, 0.29) is 24.8 Å². The monoisotopic (exact) mass is 402 g/mol. The first-order chi connectivity index (χ1) is 11.2. The standard InChI is InChI=1S/C19H23ClN2O.2ClH/c1-2-23-19-9-7-18(8-10-19)22-13-11-21(12-14-22)15-16-3-5-17(20)6-4-16;;/h3-10H,2,11-15H2,1H3;2*1H. The van der Waals surface area contributed by atoms with Crippen molar-refractivity contribution < 1.29 is 4.74 Å². The van der Waals surface area contributed by atoms with Gasteiger partial charge in [-0.05, 0) is 48.9 Å². The molecule has 0 spiro atoms. The second kappa shape index (κ2) is 10.8. The van der Waals surface area contributed by atoms with Crippen molar-refractivity contribution in [2.75, 3.05) is 37.7 Å². The van der Waals surface area contributed by atoms with E-state index in [9.17, 15) is 0 Å². The zero-order valence-corrected chi connectivity index (χ0v) is 16.7. The Morgan fingerprint density at radius 2 is 1.48 bits per heavy atom. The maximum absolute atomic E-state index is 5.94. The molecule has 0 radical (unpaired) electrons. The van der Waals surface area contributed by atoms with E-state index >= 15 is 0 Å². The van der Waals surface area contributed by atoms with E-state index in [1.165, 1.54) is 11.3 Å². The number of piperazine rings is 1. The van der Waals surface area contributed by atoms with Crippen molar-refractivity contribution in [1.29, 1.82) is 0 Å². The summed E-state index contributed by atoms with van der Waals surface area (Å²) in [5, 5.41) is 0.800. The van der Waals surface area contributed by atoms with Crippen LogP contribution in [0.2, 0.25) is 5.02 Å². The van der Waals surface area contributed by atoms with Crippen molar-refractivity contribution in [3.05, 3.63) is 59.1 Å². The number of benzene rings is 2. The van der Waals surface area contributed by atoms with Gasteiger partial charge < -0.3 is 9.64 Å². The van der Waals surface area contributed by atoms with Gasteiger partial charge in [-0.15, -0.1) is 24.8 Å². The molecule has 1 saturated heterocycles. The van der Waals surface area contributed by atoms with Gasteiger partial charge >= 0.3 is 0 Å². The lowest BCUT2D eigenvalue weighted by atomic mass is 10.2. The third kappa shape index (κ3) is 6.27. The zero-order valence-electron chi connectivity index (χ0n) is 14.4. The van der Waals surface area contributed by atoms with E-state index in [1.54, 1.807) is 0 Å². The molecular formula is C19H25Cl3N2O. The lowest BCUT2D eigenvalue weighted by Gasteiger charge is -2.36. The summed E-state index contributed by atoms with van der Waals surface area (Å²) >= 11 is 5.94. The predicted molar refractivity (Wildman–Crippen MR) is 111 cm³/mol. The first kappa shape index (κ1) is 21.9. The fourth-order valence-electron chi connectivity index (χ4n) is 2.93. The van der Waals surface area contributed by atoms with Gasteiger partial charge in [0.1, 0.15) is 5.75 Å². The normalized spacial score (nSPS) is 14.4. The molecule has 0 saturated carbocycles. The molecule has 0 unspecified atom stereocenters. The Kier molecular flexibility index (Phi) is 9.44. The topological polar surface area (TPSA) is 15.7 Å². The van der Waals surface area contributed by atoms with Crippen molar-refractivity contribution in [2.24, 2.45) is 0 Å². The lowest BCUT2D eigenvalue weighted by Crippen LogP contribution is -2.45. The number of halogens is 3. The Morgan fingerprint density at radius 3 is 2.04 bits per heavy atom. The highest BCUT2D eigenvalue weighted by Gasteiger charge is 2.17. The van der Waals surface area contributed by atoms with Crippen LogP contribution in [-0.4, -0.2) is 37.7 Å². The van der Waals surface area contributed by atoms with E-state index < -0.39 is 0 Å². The Labute approximate surface area is 167 Å². The zero-order chi connectivity index (χ0) is 16.1. The molecule has 0 amide bonds. The van der Waals surface area contributed by atoms with Crippen LogP contribution >= 0.6 is 36.4 Å². The Hall–Kier alpha value is -1.13.